The fourth-order valence-electron chi connectivity index (χ4n) is 18.3. The molecular formula is C101H29N11O20S3. The average molecular weight is 1810 g/mol. The Morgan fingerprint density at radius 1 is 0.319 bits per heavy atom. The van der Waals surface area contributed by atoms with Gasteiger partial charge in [-0.2, -0.15) is 31.6 Å². The molecular weight excluding hydrogens is 1780 g/mol. The van der Waals surface area contributed by atoms with Crippen molar-refractivity contribution in [1.82, 2.24) is 0 Å². The van der Waals surface area contributed by atoms with E-state index < -0.39 is 78.3 Å². The summed E-state index contributed by atoms with van der Waals surface area (Å²) in [6, 6.07) is 58.5. The lowest BCUT2D eigenvalue weighted by molar-refractivity contribution is 0.0373. The monoisotopic (exact) mass is 1810 g/mol. The second-order valence-corrected chi connectivity index (χ2v) is 34.5. The second-order valence-electron chi connectivity index (χ2n) is 30.2. The maximum absolute atomic E-state index is 13.3. The Hall–Kier alpha value is -20.4. The summed E-state index contributed by atoms with van der Waals surface area (Å²) in [7, 11) is -5.80. The van der Waals surface area contributed by atoms with Crippen LogP contribution >= 0.6 is 11.3 Å². The number of carbonyl (C=O) groups excluding carboxylic acids is 4. The molecule has 0 N–H and O–H groups in total. The van der Waals surface area contributed by atoms with Gasteiger partial charge in [0.15, 0.2) is 9.84 Å². The van der Waals surface area contributed by atoms with Crippen LogP contribution in [0.25, 0.3) is 197 Å². The van der Waals surface area contributed by atoms with Gasteiger partial charge in [0, 0.05) is 107 Å². The number of hydrogen-bond donors (Lipinski definition) is 0. The lowest BCUT2D eigenvalue weighted by atomic mass is 9.87. The molecule has 0 saturated carbocycles. The summed E-state index contributed by atoms with van der Waals surface area (Å²) in [6.07, 6.45) is 0. The molecule has 34 heteroatoms. The average Bonchev–Trinajstić information content (AvgIpc) is 0.580. The normalized spacial score (nSPS) is 13.1. The van der Waals surface area contributed by atoms with Crippen LogP contribution in [0.5, 0.6) is 0 Å². The minimum atomic E-state index is -4.11. The number of para-hydroxylation sites is 1. The van der Waals surface area contributed by atoms with Crippen molar-refractivity contribution in [2.75, 3.05) is 0 Å². The fraction of sp³-hybridized carbons (Fsp3) is 0. The first-order valence-corrected chi connectivity index (χ1v) is 42.5. The third-order valence-electron chi connectivity index (χ3n) is 23.6. The standard InChI is InChI=1S/C21H5N3O4.C20H6N2O5S.C20H6N2O4S.C20H6N2O4.C20H6N2O3S/c1-24-14-6-13-17-12(20(25)28-21(13)26)5-10(8-23)16-11-4-9(7-22)2-3-15(11)27-19(14)18(16)17;1-22-13-7-12-16-11(19(23)27-20(12)24)6-9(8-21)15-10-4-2-3-5-14(10)28(25,26)18(13)17(15)16;1-22-13-7-12-16-11(19(23)26-20(12)24)6-9(8-21)15-10-4-2-3-5-14(10)27(25)18(13)17(15)16;1-22-13-7-12-16-11(19(23)26-20(12)24)6-9(8-21)15-10-4-2-3-5-14(10)25-18(13)17(15)16;1-22-13-7-12-16-11(19(23)25-20(12)24)6-9(8-21)15-10-4-2-3-5-14(10)26-18(13)17(15)16/h2-6H;2-7H;2-7H;2*2-7H. The lowest BCUT2D eigenvalue weighted by Crippen LogP contribution is -2.22. The van der Waals surface area contributed by atoms with Crippen LogP contribution in [0.15, 0.2) is 246 Å². The number of rotatable bonds is 0. The number of sulfone groups is 1. The van der Waals surface area contributed by atoms with Gasteiger partial charge in [-0.3, -0.25) is 4.21 Å². The number of nitrogens with zero attached hydrogens (tertiary/aromatic N) is 11. The molecule has 0 spiro atoms. The molecule has 0 radical (unpaired) electrons. The van der Waals surface area contributed by atoms with Crippen molar-refractivity contribution in [1.29, 1.82) is 31.6 Å². The molecule has 0 aliphatic carbocycles. The molecule has 10 heterocycles. The first kappa shape index (κ1) is 81.6. The van der Waals surface area contributed by atoms with E-state index in [0.717, 1.165) is 16.2 Å². The van der Waals surface area contributed by atoms with E-state index in [4.69, 9.17) is 64.4 Å². The summed E-state index contributed by atoms with van der Waals surface area (Å²) in [6.45, 7) is 37.4. The Labute approximate surface area is 754 Å². The molecule has 0 amide bonds. The number of carbonyl (C=O) groups is 4. The highest BCUT2D eigenvalue weighted by Crippen LogP contribution is 2.55. The van der Waals surface area contributed by atoms with Crippen LogP contribution in [0.2, 0.25) is 0 Å². The summed E-state index contributed by atoms with van der Waals surface area (Å²) >= 11 is 1.41. The van der Waals surface area contributed by atoms with Crippen LogP contribution in [0, 0.1) is 101 Å². The van der Waals surface area contributed by atoms with Crippen molar-refractivity contribution >= 4 is 235 Å². The molecule has 626 valence electrons. The van der Waals surface area contributed by atoms with Crippen molar-refractivity contribution in [3.8, 4) is 58.7 Å². The predicted octanol–water partition coefficient (Wildman–Crippen LogP) is 19.6. The number of esters is 4. The van der Waals surface area contributed by atoms with E-state index in [1.165, 1.54) is 72.0 Å². The Bertz CT molecular complexity index is 10200. The lowest BCUT2D eigenvalue weighted by Gasteiger charge is -2.26. The molecule has 4 aliphatic heterocycles. The molecule has 0 bridgehead atoms. The molecule has 0 fully saturated rings. The molecule has 21 aromatic rings. The summed E-state index contributed by atoms with van der Waals surface area (Å²) < 4.78 is 77.2. The Morgan fingerprint density at radius 2 is 0.726 bits per heavy atom. The zero-order valence-electron chi connectivity index (χ0n) is 67.1. The summed E-state index contributed by atoms with van der Waals surface area (Å²) in [4.78, 5) is 140. The van der Waals surface area contributed by atoms with Gasteiger partial charge in [0.1, 0.15) is 22.3 Å². The zero-order valence-corrected chi connectivity index (χ0v) is 69.5. The molecule has 4 aliphatic rings. The molecule has 1 atom stereocenters. The SMILES string of the molecule is [C-]#[N+]c1cc2c(=O)oc(=O)c3cc(C#N)c4c5cc(C#N)ccc5oc1c4c23.[C-]#[N+]c1cc2c(=O)oc(=O)c3cc(C#N)c4c5ccccc5oc1c4c23.[C-]#[N+]c1cc2c(=O)oc(=O)c3cc(C#N)c4c5ccccc5sc1c4c23.[C-]#[N+]c1cc2c3c(cc(C#N)c4c3c1S(=O)(=O)c1ccccc1-4)C(=O)OC2=O.[C-]#[N+]c1cc2c3c(cc(C#N)c4c3c1S(=O)c1ccccc1-4)C(=O)OC2=O. The van der Waals surface area contributed by atoms with Gasteiger partial charge in [0.2, 0.25) is 28.4 Å². The number of cyclic esters (lactones) is 4. The van der Waals surface area contributed by atoms with Gasteiger partial charge in [-0.25, -0.2) is 80.6 Å². The second kappa shape index (κ2) is 29.9. The predicted molar refractivity (Wildman–Crippen MR) is 488 cm³/mol. The van der Waals surface area contributed by atoms with E-state index in [1.54, 1.807) is 84.9 Å². The van der Waals surface area contributed by atoms with Gasteiger partial charge in [0.05, 0.1) is 188 Å². The number of ether oxygens (including phenoxy) is 2. The Kier molecular flexibility index (Phi) is 18.1. The van der Waals surface area contributed by atoms with Gasteiger partial charge in [-0.1, -0.05) is 72.8 Å². The van der Waals surface area contributed by atoms with Gasteiger partial charge < -0.3 is 31.6 Å². The van der Waals surface area contributed by atoms with Crippen molar-refractivity contribution in [2.24, 2.45) is 0 Å². The zero-order chi connectivity index (χ0) is 94.2. The summed E-state index contributed by atoms with van der Waals surface area (Å²) in [5.74, 6) is -3.63. The first-order valence-electron chi connectivity index (χ1n) is 39.0. The Balaban J connectivity index is 0.000000101. The Morgan fingerprint density at radius 3 is 1.24 bits per heavy atom. The molecule has 25 rings (SSSR count). The minimum absolute atomic E-state index is 0.0309. The van der Waals surface area contributed by atoms with Crippen LogP contribution in [0.3, 0.4) is 0 Å². The van der Waals surface area contributed by atoms with Crippen LogP contribution < -0.4 is 33.8 Å². The van der Waals surface area contributed by atoms with E-state index >= 15 is 0 Å². The molecule has 15 aromatic carbocycles. The maximum atomic E-state index is 13.3. The largest absolute Gasteiger partial charge is 0.467 e. The summed E-state index contributed by atoms with van der Waals surface area (Å²) in [5.41, 5.74) is -0.334. The van der Waals surface area contributed by atoms with E-state index in [1.807, 2.05) is 36.4 Å². The van der Waals surface area contributed by atoms with Crippen LogP contribution in [-0.4, -0.2) is 36.5 Å². The first-order chi connectivity index (χ1) is 65.3. The van der Waals surface area contributed by atoms with Crippen LogP contribution in [0.4, 0.5) is 28.4 Å². The van der Waals surface area contributed by atoms with Gasteiger partial charge in [-0.05, 0) is 114 Å². The van der Waals surface area contributed by atoms with Crippen molar-refractivity contribution < 1.29 is 63.4 Å². The van der Waals surface area contributed by atoms with Crippen molar-refractivity contribution in [2.45, 2.75) is 19.6 Å². The smallest absolute Gasteiger partial charge is 0.346 e. The van der Waals surface area contributed by atoms with Gasteiger partial charge in [-0.15, -0.1) is 11.3 Å². The van der Waals surface area contributed by atoms with Crippen LogP contribution in [0.1, 0.15) is 74.8 Å². The van der Waals surface area contributed by atoms with Crippen molar-refractivity contribution in [3.05, 3.63) is 351 Å². The maximum Gasteiger partial charge on any atom is 0.346 e. The van der Waals surface area contributed by atoms with E-state index in [0.29, 0.717) is 108 Å². The van der Waals surface area contributed by atoms with E-state index in [9.17, 15) is 92.1 Å². The number of nitriles is 6. The molecule has 1 unspecified atom stereocenters. The number of fused-ring (bicyclic) bond motifs is 10. The van der Waals surface area contributed by atoms with Gasteiger partial charge >= 0.3 is 57.6 Å². The topological polar surface area (TPSA) is 471 Å². The highest BCUT2D eigenvalue weighted by Gasteiger charge is 2.42. The van der Waals surface area contributed by atoms with Crippen molar-refractivity contribution in [3.63, 3.8) is 0 Å². The van der Waals surface area contributed by atoms with E-state index in [-0.39, 0.29) is 158 Å². The molecule has 0 saturated heterocycles. The molecule has 6 aromatic heterocycles. The molecule has 31 nitrogen and oxygen atoms in total. The highest BCUT2D eigenvalue weighted by atomic mass is 32.2. The highest BCUT2D eigenvalue weighted by molar-refractivity contribution is 7.92. The third-order valence-corrected chi connectivity index (χ3v) is 28.2. The molecule has 135 heavy (non-hydrogen) atoms. The third kappa shape index (κ3) is 11.5. The fourth-order valence-corrected chi connectivity index (χ4v) is 22.7. The quantitative estimate of drug-likeness (QED) is 0.0447. The van der Waals surface area contributed by atoms with E-state index in [2.05, 4.69) is 48.5 Å². The van der Waals surface area contributed by atoms with Crippen LogP contribution in [-0.2, 0) is 30.1 Å². The number of benzene rings is 15. The minimum Gasteiger partial charge on any atom is -0.467 e. The summed E-state index contributed by atoms with van der Waals surface area (Å²) in [5, 5.41) is 65.3. The van der Waals surface area contributed by atoms with Gasteiger partial charge in [0.25, 0.3) is 0 Å². The number of hydrogen-bond acceptors (Lipinski definition) is 27.